The number of hydrogen-bond donors (Lipinski definition) is 0. The Balaban J connectivity index is 1.57. The molecule has 144 valence electrons. The molecule has 0 bridgehead atoms. The molecule has 0 spiro atoms. The molecule has 3 heterocycles. The Morgan fingerprint density at radius 2 is 2.00 bits per heavy atom. The van der Waals surface area contributed by atoms with Gasteiger partial charge in [0.05, 0.1) is 13.2 Å². The first-order chi connectivity index (χ1) is 13.3. The van der Waals surface area contributed by atoms with Gasteiger partial charge in [0.15, 0.2) is 5.76 Å². The second kappa shape index (κ2) is 8.13. The van der Waals surface area contributed by atoms with Gasteiger partial charge in [-0.15, -0.1) is 0 Å². The largest absolute Gasteiger partial charge is 0.497 e. The Morgan fingerprint density at radius 3 is 2.74 bits per heavy atom. The zero-order chi connectivity index (χ0) is 18.6. The summed E-state index contributed by atoms with van der Waals surface area (Å²) in [7, 11) is 1.65. The maximum atomic E-state index is 13.0. The third-order valence-electron chi connectivity index (χ3n) is 5.48. The number of nitrogens with zero attached hydrogens (tertiary/aromatic N) is 2. The quantitative estimate of drug-likeness (QED) is 0.815. The molecule has 2 atom stereocenters. The first kappa shape index (κ1) is 18.0. The third kappa shape index (κ3) is 3.86. The Labute approximate surface area is 159 Å². The highest BCUT2D eigenvalue weighted by Crippen LogP contribution is 2.34. The van der Waals surface area contributed by atoms with E-state index in [-0.39, 0.29) is 18.1 Å². The van der Waals surface area contributed by atoms with Gasteiger partial charge in [-0.05, 0) is 49.9 Å². The summed E-state index contributed by atoms with van der Waals surface area (Å²) in [5, 5.41) is 4.25. The monoisotopic (exact) mass is 370 g/mol. The normalized spacial score (nSPS) is 23.2. The van der Waals surface area contributed by atoms with Gasteiger partial charge in [-0.2, -0.15) is 0 Å². The maximum Gasteiger partial charge on any atom is 0.252 e. The number of ether oxygens (including phenoxy) is 2. The fourth-order valence-electron chi connectivity index (χ4n) is 3.97. The molecule has 1 aromatic carbocycles. The van der Waals surface area contributed by atoms with Crippen molar-refractivity contribution < 1.29 is 18.8 Å². The lowest BCUT2D eigenvalue weighted by Crippen LogP contribution is -2.41. The second-order valence-electron chi connectivity index (χ2n) is 7.24. The molecule has 0 aliphatic carbocycles. The van der Waals surface area contributed by atoms with Crippen molar-refractivity contribution in [2.24, 2.45) is 0 Å². The number of likely N-dealkylation sites (tertiary alicyclic amines) is 1. The Bertz CT molecular complexity index is 765. The van der Waals surface area contributed by atoms with Crippen LogP contribution in [0.2, 0.25) is 0 Å². The minimum atomic E-state index is -0.297. The fourth-order valence-corrected chi connectivity index (χ4v) is 3.97. The van der Waals surface area contributed by atoms with E-state index >= 15 is 0 Å². The summed E-state index contributed by atoms with van der Waals surface area (Å²) in [6.07, 6.45) is 5.61. The van der Waals surface area contributed by atoms with Gasteiger partial charge >= 0.3 is 0 Å². The molecule has 1 amide bonds. The molecular weight excluding hydrogens is 344 g/mol. The predicted molar refractivity (Wildman–Crippen MR) is 100 cm³/mol. The van der Waals surface area contributed by atoms with Crippen LogP contribution in [0, 0.1) is 0 Å². The van der Waals surface area contributed by atoms with Crippen molar-refractivity contribution in [2.75, 3.05) is 20.3 Å². The van der Waals surface area contributed by atoms with Crippen molar-refractivity contribution >= 4 is 5.91 Å². The van der Waals surface area contributed by atoms with Crippen LogP contribution < -0.4 is 4.74 Å². The van der Waals surface area contributed by atoms with E-state index in [4.69, 9.17) is 14.0 Å². The Kier molecular flexibility index (Phi) is 5.43. The molecule has 6 nitrogen and oxygen atoms in total. The van der Waals surface area contributed by atoms with Crippen LogP contribution in [0.15, 0.2) is 34.9 Å². The topological polar surface area (TPSA) is 64.8 Å². The molecule has 0 saturated carbocycles. The van der Waals surface area contributed by atoms with Crippen LogP contribution in [0.5, 0.6) is 5.75 Å². The highest BCUT2D eigenvalue weighted by Gasteiger charge is 2.35. The summed E-state index contributed by atoms with van der Waals surface area (Å²) in [4.78, 5) is 15.0. The molecule has 0 unspecified atom stereocenters. The third-order valence-corrected chi connectivity index (χ3v) is 5.48. The van der Waals surface area contributed by atoms with E-state index in [1.165, 1.54) is 0 Å². The summed E-state index contributed by atoms with van der Waals surface area (Å²) >= 11 is 0. The van der Waals surface area contributed by atoms with Crippen LogP contribution in [0.3, 0.4) is 0 Å². The van der Waals surface area contributed by atoms with E-state index < -0.39 is 0 Å². The van der Waals surface area contributed by atoms with Crippen LogP contribution in [-0.4, -0.2) is 42.3 Å². The van der Waals surface area contributed by atoms with E-state index in [0.717, 1.165) is 67.8 Å². The van der Waals surface area contributed by atoms with Crippen LogP contribution >= 0.6 is 0 Å². The molecule has 0 N–H and O–H groups in total. The van der Waals surface area contributed by atoms with Gasteiger partial charge in [-0.25, -0.2) is 0 Å². The van der Waals surface area contributed by atoms with E-state index in [2.05, 4.69) is 5.16 Å². The summed E-state index contributed by atoms with van der Waals surface area (Å²) < 4.78 is 16.5. The lowest BCUT2D eigenvalue weighted by molar-refractivity contribution is -0.144. The molecule has 6 heteroatoms. The molecule has 27 heavy (non-hydrogen) atoms. The number of hydrogen-bond acceptors (Lipinski definition) is 5. The van der Waals surface area contributed by atoms with Gasteiger partial charge in [0, 0.05) is 24.8 Å². The molecule has 2 aliphatic heterocycles. The van der Waals surface area contributed by atoms with Crippen LogP contribution in [0.4, 0.5) is 0 Å². The number of benzene rings is 1. The summed E-state index contributed by atoms with van der Waals surface area (Å²) in [6.45, 7) is 1.43. The average molecular weight is 370 g/mol. The van der Waals surface area contributed by atoms with Crippen molar-refractivity contribution in [3.05, 3.63) is 36.1 Å². The van der Waals surface area contributed by atoms with E-state index in [1.807, 2.05) is 35.2 Å². The van der Waals surface area contributed by atoms with Crippen molar-refractivity contribution in [2.45, 2.75) is 50.7 Å². The zero-order valence-corrected chi connectivity index (χ0v) is 15.7. The number of methoxy groups -OCH3 is 1. The number of carbonyl (C=O) groups excluding carboxylic acids is 1. The van der Waals surface area contributed by atoms with Gasteiger partial charge in [0.1, 0.15) is 17.5 Å². The molecule has 2 saturated heterocycles. The van der Waals surface area contributed by atoms with E-state index in [1.54, 1.807) is 7.11 Å². The minimum Gasteiger partial charge on any atom is -0.497 e. The van der Waals surface area contributed by atoms with Crippen molar-refractivity contribution in [1.29, 1.82) is 0 Å². The minimum absolute atomic E-state index is 0.0660. The fraction of sp³-hybridized carbons (Fsp3) is 0.524. The molecule has 0 radical (unpaired) electrons. The average Bonchev–Trinajstić information content (AvgIpc) is 3.36. The van der Waals surface area contributed by atoms with Crippen LogP contribution in [0.25, 0.3) is 11.3 Å². The number of carbonyl (C=O) groups is 1. The predicted octanol–water partition coefficient (Wildman–Crippen LogP) is 3.97. The lowest BCUT2D eigenvalue weighted by Gasteiger charge is -2.30. The SMILES string of the molecule is COc1ccc(-c2cc([C@H]3CCCCCN3C(=O)[C@@H]3CCCO3)on2)cc1. The molecule has 4 rings (SSSR count). The van der Waals surface area contributed by atoms with Crippen molar-refractivity contribution in [3.8, 4) is 17.0 Å². The van der Waals surface area contributed by atoms with Gasteiger partial charge in [0.25, 0.3) is 5.91 Å². The first-order valence-corrected chi connectivity index (χ1v) is 9.79. The highest BCUT2D eigenvalue weighted by atomic mass is 16.5. The zero-order valence-electron chi connectivity index (χ0n) is 15.7. The maximum absolute atomic E-state index is 13.0. The Hall–Kier alpha value is -2.34. The molecule has 2 aromatic rings. The molecule has 1 aromatic heterocycles. The van der Waals surface area contributed by atoms with Crippen molar-refractivity contribution in [1.82, 2.24) is 10.1 Å². The lowest BCUT2D eigenvalue weighted by atomic mass is 10.0. The summed E-state index contributed by atoms with van der Waals surface area (Å²) in [5.74, 6) is 1.66. The van der Waals surface area contributed by atoms with E-state index in [9.17, 15) is 4.79 Å². The molecular formula is C21H26N2O4. The molecule has 2 aliphatic rings. The number of rotatable bonds is 4. The number of aromatic nitrogens is 1. The second-order valence-corrected chi connectivity index (χ2v) is 7.24. The van der Waals surface area contributed by atoms with Gasteiger partial charge in [0.2, 0.25) is 0 Å². The van der Waals surface area contributed by atoms with Gasteiger partial charge < -0.3 is 18.9 Å². The smallest absolute Gasteiger partial charge is 0.252 e. The van der Waals surface area contributed by atoms with Gasteiger partial charge in [-0.1, -0.05) is 18.0 Å². The standard InChI is InChI=1S/C21H26N2O4/c1-25-16-10-8-15(9-11-16)17-14-20(27-22-17)18-6-3-2-4-12-23(18)21(24)19-7-5-13-26-19/h8-11,14,18-19H,2-7,12-13H2,1H3/t18-,19+/m1/s1. The highest BCUT2D eigenvalue weighted by molar-refractivity contribution is 5.81. The molecule has 2 fully saturated rings. The Morgan fingerprint density at radius 1 is 1.15 bits per heavy atom. The first-order valence-electron chi connectivity index (χ1n) is 9.79. The van der Waals surface area contributed by atoms with Crippen LogP contribution in [-0.2, 0) is 9.53 Å². The van der Waals surface area contributed by atoms with E-state index in [0.29, 0.717) is 6.61 Å². The van der Waals surface area contributed by atoms with Gasteiger partial charge in [-0.3, -0.25) is 4.79 Å². The van der Waals surface area contributed by atoms with Crippen LogP contribution in [0.1, 0.15) is 50.3 Å². The van der Waals surface area contributed by atoms with Crippen molar-refractivity contribution in [3.63, 3.8) is 0 Å². The summed E-state index contributed by atoms with van der Waals surface area (Å²) in [6, 6.07) is 9.63. The summed E-state index contributed by atoms with van der Waals surface area (Å²) in [5.41, 5.74) is 1.75. The number of amides is 1.